The normalized spacial score (nSPS) is 16.7. The summed E-state index contributed by atoms with van der Waals surface area (Å²) >= 11 is 1.45. The Kier molecular flexibility index (Phi) is 2.40. The lowest BCUT2D eigenvalue weighted by Crippen LogP contribution is -2.09. The van der Waals surface area contributed by atoms with Crippen molar-refractivity contribution < 1.29 is 5.11 Å². The number of hydrogen-bond acceptors (Lipinski definition) is 3. The maximum Gasteiger partial charge on any atom is 0.0586 e. The van der Waals surface area contributed by atoms with Gasteiger partial charge in [-0.25, -0.2) is 4.37 Å². The largest absolute Gasteiger partial charge is 0.393 e. The highest BCUT2D eigenvalue weighted by Crippen LogP contribution is 2.21. The minimum atomic E-state index is -0.277. The van der Waals surface area contributed by atoms with E-state index in [1.165, 1.54) is 11.5 Å². The van der Waals surface area contributed by atoms with E-state index in [9.17, 15) is 5.11 Å². The van der Waals surface area contributed by atoms with Gasteiger partial charge in [0.05, 0.1) is 6.10 Å². The van der Waals surface area contributed by atoms with Crippen molar-refractivity contribution in [2.75, 3.05) is 0 Å². The van der Waals surface area contributed by atoms with Crippen molar-refractivity contribution >= 4 is 11.5 Å². The molecule has 56 valence electrons. The summed E-state index contributed by atoms with van der Waals surface area (Å²) in [6.45, 7) is 3.79. The summed E-state index contributed by atoms with van der Waals surface area (Å²) in [4.78, 5) is 1.15. The zero-order chi connectivity index (χ0) is 7.56. The van der Waals surface area contributed by atoms with Crippen LogP contribution >= 0.6 is 11.5 Å². The zero-order valence-electron chi connectivity index (χ0n) is 6.11. The molecule has 0 aromatic carbocycles. The first-order chi connectivity index (χ1) is 4.72. The van der Waals surface area contributed by atoms with Crippen molar-refractivity contribution in [1.29, 1.82) is 0 Å². The molecular weight excluding hydrogens is 146 g/mol. The van der Waals surface area contributed by atoms with Gasteiger partial charge in [-0.3, -0.25) is 0 Å². The topological polar surface area (TPSA) is 33.1 Å². The van der Waals surface area contributed by atoms with Crippen molar-refractivity contribution in [2.45, 2.75) is 25.9 Å². The van der Waals surface area contributed by atoms with Gasteiger partial charge in [0.15, 0.2) is 0 Å². The van der Waals surface area contributed by atoms with Crippen LogP contribution in [0.15, 0.2) is 12.3 Å². The Labute approximate surface area is 64.7 Å². The van der Waals surface area contributed by atoms with Gasteiger partial charge >= 0.3 is 0 Å². The van der Waals surface area contributed by atoms with Crippen LogP contribution in [0.1, 0.15) is 24.6 Å². The summed E-state index contributed by atoms with van der Waals surface area (Å²) < 4.78 is 3.96. The summed E-state index contributed by atoms with van der Waals surface area (Å²) in [6.07, 6.45) is 1.49. The van der Waals surface area contributed by atoms with Gasteiger partial charge in [-0.05, 0) is 24.5 Å². The van der Waals surface area contributed by atoms with E-state index in [1.807, 2.05) is 13.0 Å². The Bertz CT molecular complexity index is 183. The lowest BCUT2D eigenvalue weighted by Gasteiger charge is -2.10. The molecule has 2 nitrogen and oxygen atoms in total. The van der Waals surface area contributed by atoms with Gasteiger partial charge in [0.1, 0.15) is 0 Å². The van der Waals surface area contributed by atoms with Crippen molar-refractivity contribution in [2.24, 2.45) is 0 Å². The maximum absolute atomic E-state index is 9.17. The minimum absolute atomic E-state index is 0.215. The predicted octanol–water partition coefficient (Wildman–Crippen LogP) is 1.63. The molecule has 3 heteroatoms. The zero-order valence-corrected chi connectivity index (χ0v) is 6.93. The molecule has 0 aliphatic heterocycles. The van der Waals surface area contributed by atoms with Crippen molar-refractivity contribution in [3.05, 3.63) is 17.1 Å². The third kappa shape index (κ3) is 1.55. The molecule has 0 fully saturated rings. The molecule has 1 aromatic rings. The fraction of sp³-hybridized carbons (Fsp3) is 0.571. The highest BCUT2D eigenvalue weighted by atomic mass is 32.1. The first-order valence-electron chi connectivity index (χ1n) is 3.30. The summed E-state index contributed by atoms with van der Waals surface area (Å²) in [7, 11) is 0. The van der Waals surface area contributed by atoms with Crippen LogP contribution in [0.25, 0.3) is 0 Å². The average Bonchev–Trinajstić information content (AvgIpc) is 2.36. The van der Waals surface area contributed by atoms with E-state index >= 15 is 0 Å². The lowest BCUT2D eigenvalue weighted by atomic mass is 10.1. The third-order valence-corrected chi connectivity index (χ3v) is 2.58. The Morgan fingerprint density at radius 2 is 2.30 bits per heavy atom. The summed E-state index contributed by atoms with van der Waals surface area (Å²) in [5, 5.41) is 9.17. The highest BCUT2D eigenvalue weighted by Gasteiger charge is 2.11. The van der Waals surface area contributed by atoms with Crippen LogP contribution in [0.4, 0.5) is 0 Å². The number of aromatic nitrogens is 1. The van der Waals surface area contributed by atoms with Crippen LogP contribution in [0.5, 0.6) is 0 Å². The molecule has 0 amide bonds. The van der Waals surface area contributed by atoms with Gasteiger partial charge < -0.3 is 5.11 Å². The van der Waals surface area contributed by atoms with Gasteiger partial charge in [-0.15, -0.1) is 0 Å². The Balaban J connectivity index is 2.68. The maximum atomic E-state index is 9.17. The first-order valence-corrected chi connectivity index (χ1v) is 4.08. The molecule has 0 saturated heterocycles. The second-order valence-corrected chi connectivity index (χ2v) is 3.31. The molecule has 1 heterocycles. The molecule has 1 aromatic heterocycles. The molecule has 1 N–H and O–H groups in total. The van der Waals surface area contributed by atoms with E-state index in [0.717, 1.165) is 4.88 Å². The number of aliphatic hydroxyl groups is 1. The Hall–Kier alpha value is -0.410. The van der Waals surface area contributed by atoms with E-state index < -0.39 is 0 Å². The van der Waals surface area contributed by atoms with Crippen LogP contribution < -0.4 is 0 Å². The van der Waals surface area contributed by atoms with Crippen molar-refractivity contribution in [3.63, 3.8) is 0 Å². The van der Waals surface area contributed by atoms with Crippen LogP contribution in [-0.4, -0.2) is 15.6 Å². The summed E-state index contributed by atoms with van der Waals surface area (Å²) in [5.41, 5.74) is 0. The summed E-state index contributed by atoms with van der Waals surface area (Å²) in [6, 6.07) is 1.95. The molecule has 0 saturated carbocycles. The predicted molar refractivity (Wildman–Crippen MR) is 42.2 cm³/mol. The smallest absolute Gasteiger partial charge is 0.0586 e. The molecule has 0 spiro atoms. The third-order valence-electron chi connectivity index (χ3n) is 1.63. The SMILES string of the molecule is CC(O)C(C)c1ccns1. The van der Waals surface area contributed by atoms with E-state index in [4.69, 9.17) is 0 Å². The second-order valence-electron chi connectivity index (χ2n) is 2.44. The van der Waals surface area contributed by atoms with E-state index in [2.05, 4.69) is 4.37 Å². The fourth-order valence-corrected chi connectivity index (χ4v) is 1.43. The van der Waals surface area contributed by atoms with Crippen molar-refractivity contribution in [3.8, 4) is 0 Å². The molecule has 2 atom stereocenters. The molecule has 0 radical (unpaired) electrons. The van der Waals surface area contributed by atoms with Crippen molar-refractivity contribution in [1.82, 2.24) is 4.37 Å². The second kappa shape index (κ2) is 3.12. The first kappa shape index (κ1) is 7.69. The van der Waals surface area contributed by atoms with E-state index in [1.54, 1.807) is 13.1 Å². The van der Waals surface area contributed by atoms with Crippen LogP contribution in [0.2, 0.25) is 0 Å². The molecule has 0 aliphatic rings. The number of rotatable bonds is 2. The van der Waals surface area contributed by atoms with Gasteiger partial charge in [-0.2, -0.15) is 0 Å². The molecule has 0 aliphatic carbocycles. The molecule has 2 unspecified atom stereocenters. The molecule has 10 heavy (non-hydrogen) atoms. The Morgan fingerprint density at radius 3 is 2.70 bits per heavy atom. The van der Waals surface area contributed by atoms with Crippen LogP contribution in [0, 0.1) is 0 Å². The standard InChI is InChI=1S/C7H11NOS/c1-5(6(2)9)7-3-4-8-10-7/h3-6,9H,1-2H3. The molecular formula is C7H11NOS. The van der Waals surface area contributed by atoms with Crippen LogP contribution in [-0.2, 0) is 0 Å². The highest BCUT2D eigenvalue weighted by molar-refractivity contribution is 7.05. The summed E-state index contributed by atoms with van der Waals surface area (Å²) in [5.74, 6) is 0.215. The fourth-order valence-electron chi connectivity index (χ4n) is 0.698. The van der Waals surface area contributed by atoms with Crippen LogP contribution in [0.3, 0.4) is 0 Å². The van der Waals surface area contributed by atoms with E-state index in [-0.39, 0.29) is 12.0 Å². The molecule has 1 rings (SSSR count). The number of aliphatic hydroxyl groups excluding tert-OH is 1. The van der Waals surface area contributed by atoms with Gasteiger partial charge in [0, 0.05) is 17.0 Å². The van der Waals surface area contributed by atoms with Gasteiger partial charge in [-0.1, -0.05) is 6.92 Å². The molecule has 0 bridgehead atoms. The Morgan fingerprint density at radius 1 is 1.60 bits per heavy atom. The number of nitrogens with zero attached hydrogens (tertiary/aromatic N) is 1. The van der Waals surface area contributed by atoms with Gasteiger partial charge in [0.2, 0.25) is 0 Å². The quantitative estimate of drug-likeness (QED) is 0.707. The lowest BCUT2D eigenvalue weighted by molar-refractivity contribution is 0.170. The van der Waals surface area contributed by atoms with E-state index in [0.29, 0.717) is 0 Å². The monoisotopic (exact) mass is 157 g/mol. The minimum Gasteiger partial charge on any atom is -0.393 e. The average molecular weight is 157 g/mol. The van der Waals surface area contributed by atoms with Gasteiger partial charge in [0.25, 0.3) is 0 Å². The number of hydrogen-bond donors (Lipinski definition) is 1.